The molecule has 0 saturated heterocycles. The summed E-state index contributed by atoms with van der Waals surface area (Å²) in [6.07, 6.45) is 0.952. The Morgan fingerprint density at radius 1 is 1.24 bits per heavy atom. The Balaban J connectivity index is 2.88. The van der Waals surface area contributed by atoms with Crippen LogP contribution in [0, 0.1) is 0 Å². The average Bonchev–Trinajstić information content (AvgIpc) is 2.44. The molecular weight excluding hydrogens is 272 g/mol. The zero-order chi connectivity index (χ0) is 15.8. The number of carbonyl (C=O) groups is 1. The van der Waals surface area contributed by atoms with Gasteiger partial charge in [-0.2, -0.15) is 15.0 Å². The lowest BCUT2D eigenvalue weighted by molar-refractivity contribution is -0.129. The van der Waals surface area contributed by atoms with E-state index in [0.717, 1.165) is 13.0 Å². The minimum atomic E-state index is -0.434. The summed E-state index contributed by atoms with van der Waals surface area (Å²) in [7, 11) is 3.40. The van der Waals surface area contributed by atoms with Crippen LogP contribution in [0.2, 0.25) is 0 Å². The van der Waals surface area contributed by atoms with Crippen molar-refractivity contribution in [2.45, 2.75) is 33.2 Å². The monoisotopic (exact) mass is 296 g/mol. The maximum Gasteiger partial charge on any atom is 0.323 e. The third-order valence-corrected chi connectivity index (χ3v) is 2.58. The number of aromatic nitrogens is 3. The fourth-order valence-electron chi connectivity index (χ4n) is 1.57. The molecule has 8 nitrogen and oxygen atoms in total. The van der Waals surface area contributed by atoms with Gasteiger partial charge in [-0.05, 0) is 20.3 Å². The van der Waals surface area contributed by atoms with Crippen molar-refractivity contribution in [3.63, 3.8) is 0 Å². The number of ether oxygens (including phenoxy) is 1. The van der Waals surface area contributed by atoms with Crippen LogP contribution in [0.3, 0.4) is 0 Å². The molecule has 1 unspecified atom stereocenters. The molecule has 1 atom stereocenters. The summed E-state index contributed by atoms with van der Waals surface area (Å²) in [6, 6.07) is -0.200. The van der Waals surface area contributed by atoms with E-state index in [2.05, 4.69) is 32.5 Å². The predicted octanol–water partition coefficient (Wildman–Crippen LogP) is 0.981. The zero-order valence-electron chi connectivity index (χ0n) is 13.3. The van der Waals surface area contributed by atoms with E-state index in [1.807, 2.05) is 6.92 Å². The fraction of sp³-hybridized carbons (Fsp3) is 0.692. The van der Waals surface area contributed by atoms with Gasteiger partial charge in [-0.25, -0.2) is 0 Å². The molecule has 0 aliphatic rings. The van der Waals surface area contributed by atoms with Crippen molar-refractivity contribution in [3.05, 3.63) is 0 Å². The summed E-state index contributed by atoms with van der Waals surface area (Å²) < 4.78 is 5.32. The normalized spacial score (nSPS) is 11.7. The molecule has 1 aromatic rings. The van der Waals surface area contributed by atoms with Crippen LogP contribution in [0.15, 0.2) is 0 Å². The maximum atomic E-state index is 11.9. The highest BCUT2D eigenvalue weighted by molar-refractivity contribution is 5.83. The van der Waals surface area contributed by atoms with Crippen molar-refractivity contribution >= 4 is 17.8 Å². The van der Waals surface area contributed by atoms with E-state index in [9.17, 15) is 4.79 Å². The van der Waals surface area contributed by atoms with Crippen molar-refractivity contribution in [2.75, 3.05) is 37.9 Å². The molecule has 1 amide bonds. The molecule has 0 aromatic carbocycles. The summed E-state index contributed by atoms with van der Waals surface area (Å²) in [5.74, 6) is 0.688. The van der Waals surface area contributed by atoms with E-state index >= 15 is 0 Å². The number of carbonyl (C=O) groups excluding carboxylic acids is 1. The van der Waals surface area contributed by atoms with Gasteiger partial charge in [-0.1, -0.05) is 6.92 Å². The SMILES string of the molecule is CCCNc1nc(NC(C)C(=O)N(C)C)nc(OCC)n1. The topological polar surface area (TPSA) is 92.3 Å². The molecule has 118 valence electrons. The third kappa shape index (κ3) is 5.41. The smallest absolute Gasteiger partial charge is 0.323 e. The first-order chi connectivity index (χ1) is 9.97. The highest BCUT2D eigenvalue weighted by atomic mass is 16.5. The number of nitrogens with one attached hydrogen (secondary N) is 2. The van der Waals surface area contributed by atoms with E-state index in [1.54, 1.807) is 21.0 Å². The Bertz CT molecular complexity index is 466. The first-order valence-corrected chi connectivity index (χ1v) is 7.08. The molecule has 1 aromatic heterocycles. The minimum Gasteiger partial charge on any atom is -0.464 e. The Kier molecular flexibility index (Phi) is 6.64. The number of amides is 1. The van der Waals surface area contributed by atoms with E-state index < -0.39 is 6.04 Å². The number of likely N-dealkylation sites (N-methyl/N-ethyl adjacent to an activating group) is 1. The summed E-state index contributed by atoms with van der Waals surface area (Å²) in [6.45, 7) is 6.87. The lowest BCUT2D eigenvalue weighted by atomic mass is 10.3. The minimum absolute atomic E-state index is 0.0589. The molecule has 0 radical (unpaired) electrons. The second-order valence-electron chi connectivity index (χ2n) is 4.72. The standard InChI is InChI=1S/C13H24N6O2/c1-6-8-14-11-16-12(18-13(17-11)21-7-2)15-9(3)10(20)19(4)5/h9H,6-8H2,1-5H3,(H2,14,15,16,17,18). The van der Waals surface area contributed by atoms with Gasteiger partial charge in [0.05, 0.1) is 6.61 Å². The molecule has 1 rings (SSSR count). The Labute approximate surface area is 125 Å². The van der Waals surface area contributed by atoms with Gasteiger partial charge in [0, 0.05) is 20.6 Å². The second-order valence-corrected chi connectivity index (χ2v) is 4.72. The van der Waals surface area contributed by atoms with E-state index in [4.69, 9.17) is 4.74 Å². The van der Waals surface area contributed by atoms with Crippen LogP contribution in [0.25, 0.3) is 0 Å². The van der Waals surface area contributed by atoms with Gasteiger partial charge < -0.3 is 20.3 Å². The average molecular weight is 296 g/mol. The molecular formula is C13H24N6O2. The number of nitrogens with zero attached hydrogens (tertiary/aromatic N) is 4. The Morgan fingerprint density at radius 3 is 2.48 bits per heavy atom. The van der Waals surface area contributed by atoms with Crippen molar-refractivity contribution in [1.29, 1.82) is 0 Å². The molecule has 0 fully saturated rings. The van der Waals surface area contributed by atoms with E-state index in [0.29, 0.717) is 18.5 Å². The molecule has 21 heavy (non-hydrogen) atoms. The van der Waals surface area contributed by atoms with Crippen LogP contribution in [0.4, 0.5) is 11.9 Å². The second kappa shape index (κ2) is 8.23. The van der Waals surface area contributed by atoms with Gasteiger partial charge in [-0.3, -0.25) is 4.79 Å². The van der Waals surface area contributed by atoms with Crippen molar-refractivity contribution in [3.8, 4) is 6.01 Å². The lowest BCUT2D eigenvalue weighted by Crippen LogP contribution is -2.37. The quantitative estimate of drug-likeness (QED) is 0.738. The first-order valence-electron chi connectivity index (χ1n) is 7.08. The molecule has 0 spiro atoms. The van der Waals surface area contributed by atoms with Gasteiger partial charge in [0.1, 0.15) is 6.04 Å². The van der Waals surface area contributed by atoms with Crippen LogP contribution in [-0.2, 0) is 4.79 Å². The van der Waals surface area contributed by atoms with Crippen molar-refractivity contribution in [1.82, 2.24) is 19.9 Å². The van der Waals surface area contributed by atoms with Crippen LogP contribution in [-0.4, -0.2) is 59.0 Å². The van der Waals surface area contributed by atoms with Crippen LogP contribution >= 0.6 is 0 Å². The van der Waals surface area contributed by atoms with Crippen LogP contribution in [0.5, 0.6) is 6.01 Å². The molecule has 1 heterocycles. The van der Waals surface area contributed by atoms with Gasteiger partial charge in [-0.15, -0.1) is 0 Å². The molecule has 0 bridgehead atoms. The molecule has 2 N–H and O–H groups in total. The lowest BCUT2D eigenvalue weighted by Gasteiger charge is -2.18. The fourth-order valence-corrected chi connectivity index (χ4v) is 1.57. The summed E-state index contributed by atoms with van der Waals surface area (Å²) in [4.78, 5) is 25.9. The predicted molar refractivity (Wildman–Crippen MR) is 81.6 cm³/mol. The molecule has 0 aliphatic heterocycles. The van der Waals surface area contributed by atoms with Gasteiger partial charge in [0.2, 0.25) is 17.8 Å². The molecule has 0 aliphatic carbocycles. The zero-order valence-corrected chi connectivity index (χ0v) is 13.3. The van der Waals surface area contributed by atoms with Gasteiger partial charge in [0.25, 0.3) is 0 Å². The van der Waals surface area contributed by atoms with E-state index in [1.165, 1.54) is 4.90 Å². The van der Waals surface area contributed by atoms with Crippen molar-refractivity contribution < 1.29 is 9.53 Å². The summed E-state index contributed by atoms with van der Waals surface area (Å²) in [5.41, 5.74) is 0. The highest BCUT2D eigenvalue weighted by Gasteiger charge is 2.17. The summed E-state index contributed by atoms with van der Waals surface area (Å²) >= 11 is 0. The Morgan fingerprint density at radius 2 is 1.90 bits per heavy atom. The first kappa shape index (κ1) is 16.9. The number of rotatable bonds is 8. The molecule has 8 heteroatoms. The highest BCUT2D eigenvalue weighted by Crippen LogP contribution is 2.12. The summed E-state index contributed by atoms with van der Waals surface area (Å²) in [5, 5.41) is 6.05. The van der Waals surface area contributed by atoms with Gasteiger partial charge in [0.15, 0.2) is 0 Å². The van der Waals surface area contributed by atoms with Crippen molar-refractivity contribution in [2.24, 2.45) is 0 Å². The van der Waals surface area contributed by atoms with Crippen LogP contribution in [0.1, 0.15) is 27.2 Å². The number of hydrogen-bond acceptors (Lipinski definition) is 7. The molecule has 0 saturated carbocycles. The Hall–Kier alpha value is -2.12. The third-order valence-electron chi connectivity index (χ3n) is 2.58. The van der Waals surface area contributed by atoms with E-state index in [-0.39, 0.29) is 11.9 Å². The number of hydrogen-bond donors (Lipinski definition) is 2. The largest absolute Gasteiger partial charge is 0.464 e. The van der Waals surface area contributed by atoms with Gasteiger partial charge >= 0.3 is 6.01 Å². The number of anilines is 2. The van der Waals surface area contributed by atoms with Crippen LogP contribution < -0.4 is 15.4 Å². The maximum absolute atomic E-state index is 11.9.